The molecule has 1 atom stereocenters. The van der Waals surface area contributed by atoms with Crippen LogP contribution in [0.3, 0.4) is 0 Å². The van der Waals surface area contributed by atoms with E-state index in [2.05, 4.69) is 0 Å². The molecule has 68 valence electrons. The molecule has 0 bridgehead atoms. The summed E-state index contributed by atoms with van der Waals surface area (Å²) < 4.78 is 13.1. The third kappa shape index (κ3) is 1.65. The first-order valence-corrected chi connectivity index (χ1v) is 5.62. The van der Waals surface area contributed by atoms with Crippen molar-refractivity contribution in [2.45, 2.75) is 6.04 Å². The Labute approximate surface area is 83.6 Å². The van der Waals surface area contributed by atoms with E-state index in [-0.39, 0.29) is 11.9 Å². The van der Waals surface area contributed by atoms with Crippen LogP contribution in [0.1, 0.15) is 16.5 Å². The maximum absolute atomic E-state index is 13.1. The molecule has 2 aromatic rings. The highest BCUT2D eigenvalue weighted by Crippen LogP contribution is 2.27. The molecule has 2 heterocycles. The Morgan fingerprint density at radius 1 is 1.31 bits per heavy atom. The van der Waals surface area contributed by atoms with Crippen LogP contribution in [-0.2, 0) is 0 Å². The number of thiophene rings is 2. The summed E-state index contributed by atoms with van der Waals surface area (Å²) in [5.74, 6) is -0.205. The van der Waals surface area contributed by atoms with Crippen molar-refractivity contribution in [1.82, 2.24) is 0 Å². The van der Waals surface area contributed by atoms with Crippen LogP contribution in [0.25, 0.3) is 0 Å². The largest absolute Gasteiger partial charge is 0.319 e. The minimum atomic E-state index is -0.314. The molecule has 4 heteroatoms. The van der Waals surface area contributed by atoms with Crippen LogP contribution in [0.5, 0.6) is 0 Å². The van der Waals surface area contributed by atoms with Crippen molar-refractivity contribution in [3.8, 4) is 0 Å². The predicted octanol–water partition coefficient (Wildman–Crippen LogP) is 3.00. The molecule has 0 saturated carbocycles. The van der Waals surface area contributed by atoms with Crippen molar-refractivity contribution in [2.75, 3.05) is 0 Å². The van der Waals surface area contributed by atoms with Crippen LogP contribution in [0.15, 0.2) is 28.3 Å². The highest BCUT2D eigenvalue weighted by atomic mass is 32.1. The van der Waals surface area contributed by atoms with Gasteiger partial charge in [0.05, 0.1) is 10.9 Å². The third-order valence-electron chi connectivity index (χ3n) is 1.83. The van der Waals surface area contributed by atoms with E-state index in [0.29, 0.717) is 4.88 Å². The second-order valence-corrected chi connectivity index (χ2v) is 4.39. The number of hydrogen-bond acceptors (Lipinski definition) is 3. The van der Waals surface area contributed by atoms with Gasteiger partial charge >= 0.3 is 0 Å². The van der Waals surface area contributed by atoms with Crippen molar-refractivity contribution in [3.05, 3.63) is 44.5 Å². The maximum atomic E-state index is 13.1. The van der Waals surface area contributed by atoms with Gasteiger partial charge in [0.15, 0.2) is 0 Å². The Morgan fingerprint density at radius 2 is 2.15 bits per heavy atom. The molecule has 1 unspecified atom stereocenters. The number of rotatable bonds is 2. The summed E-state index contributed by atoms with van der Waals surface area (Å²) in [5.41, 5.74) is 6.86. The quantitative estimate of drug-likeness (QED) is 0.815. The molecule has 0 spiro atoms. The number of hydrogen-bond donors (Lipinski definition) is 1. The average molecular weight is 213 g/mol. The van der Waals surface area contributed by atoms with Crippen molar-refractivity contribution in [3.63, 3.8) is 0 Å². The van der Waals surface area contributed by atoms with Gasteiger partial charge in [0, 0.05) is 0 Å². The van der Waals surface area contributed by atoms with Gasteiger partial charge < -0.3 is 5.73 Å². The van der Waals surface area contributed by atoms with Gasteiger partial charge in [-0.3, -0.25) is 0 Å². The van der Waals surface area contributed by atoms with Crippen LogP contribution in [-0.4, -0.2) is 0 Å². The first kappa shape index (κ1) is 8.87. The van der Waals surface area contributed by atoms with Crippen LogP contribution < -0.4 is 5.73 Å². The molecule has 0 aliphatic rings. The third-order valence-corrected chi connectivity index (χ3v) is 3.51. The summed E-state index contributed by atoms with van der Waals surface area (Å²) in [5, 5.41) is 5.61. The molecule has 0 fully saturated rings. The number of halogens is 1. The Kier molecular flexibility index (Phi) is 2.44. The van der Waals surface area contributed by atoms with Gasteiger partial charge in [0.25, 0.3) is 0 Å². The van der Waals surface area contributed by atoms with Crippen LogP contribution >= 0.6 is 22.7 Å². The van der Waals surface area contributed by atoms with Gasteiger partial charge in [0.2, 0.25) is 0 Å². The van der Waals surface area contributed by atoms with E-state index in [9.17, 15) is 4.39 Å². The van der Waals surface area contributed by atoms with Crippen molar-refractivity contribution >= 4 is 22.7 Å². The van der Waals surface area contributed by atoms with Gasteiger partial charge in [-0.25, -0.2) is 4.39 Å². The van der Waals surface area contributed by atoms with E-state index < -0.39 is 0 Å². The highest BCUT2D eigenvalue weighted by Gasteiger charge is 2.14. The second-order valence-electron chi connectivity index (χ2n) is 2.67. The zero-order valence-corrected chi connectivity index (χ0v) is 8.37. The average Bonchev–Trinajstić information content (AvgIpc) is 2.72. The predicted molar refractivity (Wildman–Crippen MR) is 54.6 cm³/mol. The molecule has 1 nitrogen and oxygen atoms in total. The summed E-state index contributed by atoms with van der Waals surface area (Å²) in [6.07, 6.45) is 0. The lowest BCUT2D eigenvalue weighted by Crippen LogP contribution is -2.10. The summed E-state index contributed by atoms with van der Waals surface area (Å²) in [4.78, 5) is 0.610. The molecule has 0 aliphatic heterocycles. The monoisotopic (exact) mass is 213 g/mol. The molecular weight excluding hydrogens is 205 g/mol. The lowest BCUT2D eigenvalue weighted by molar-refractivity contribution is 0.610. The molecule has 0 aliphatic carbocycles. The van der Waals surface area contributed by atoms with E-state index in [1.807, 2.05) is 16.8 Å². The van der Waals surface area contributed by atoms with Crippen LogP contribution in [0, 0.1) is 5.82 Å². The standard InChI is InChI=1S/C9H8FNS2/c10-7-2-4-13-9(7)8(11)6-1-3-12-5-6/h1-5,8H,11H2. The minimum Gasteiger partial charge on any atom is -0.319 e. The maximum Gasteiger partial charge on any atom is 0.139 e. The first-order valence-electron chi connectivity index (χ1n) is 3.79. The zero-order chi connectivity index (χ0) is 9.26. The molecule has 0 amide bonds. The highest BCUT2D eigenvalue weighted by molar-refractivity contribution is 7.10. The second kappa shape index (κ2) is 3.57. The fraction of sp³-hybridized carbons (Fsp3) is 0.111. The van der Waals surface area contributed by atoms with E-state index in [0.717, 1.165) is 5.56 Å². The van der Waals surface area contributed by atoms with E-state index in [1.165, 1.54) is 17.4 Å². The molecule has 2 N–H and O–H groups in total. The van der Waals surface area contributed by atoms with Gasteiger partial charge in [-0.1, -0.05) is 0 Å². The molecule has 0 saturated heterocycles. The molecule has 0 aromatic carbocycles. The van der Waals surface area contributed by atoms with E-state index in [1.54, 1.807) is 16.7 Å². The number of nitrogens with two attached hydrogens (primary N) is 1. The SMILES string of the molecule is NC(c1ccsc1)c1sccc1F. The van der Waals surface area contributed by atoms with Crippen molar-refractivity contribution in [1.29, 1.82) is 0 Å². The summed E-state index contributed by atoms with van der Waals surface area (Å²) in [6, 6.07) is 3.06. The molecule has 2 rings (SSSR count). The molecular formula is C9H8FNS2. The lowest BCUT2D eigenvalue weighted by atomic mass is 10.1. The smallest absolute Gasteiger partial charge is 0.139 e. The molecule has 0 radical (unpaired) electrons. The van der Waals surface area contributed by atoms with Crippen LogP contribution in [0.2, 0.25) is 0 Å². The Morgan fingerprint density at radius 3 is 2.69 bits per heavy atom. The van der Waals surface area contributed by atoms with Gasteiger partial charge in [-0.2, -0.15) is 11.3 Å². The summed E-state index contributed by atoms with van der Waals surface area (Å²) >= 11 is 2.93. The zero-order valence-electron chi connectivity index (χ0n) is 6.74. The minimum absolute atomic E-state index is 0.205. The molecule has 13 heavy (non-hydrogen) atoms. The normalized spacial score (nSPS) is 13.1. The molecule has 2 aromatic heterocycles. The topological polar surface area (TPSA) is 26.0 Å². The fourth-order valence-electron chi connectivity index (χ4n) is 1.13. The van der Waals surface area contributed by atoms with Crippen molar-refractivity contribution in [2.24, 2.45) is 5.73 Å². The van der Waals surface area contributed by atoms with Gasteiger partial charge in [0.1, 0.15) is 5.82 Å². The summed E-state index contributed by atoms with van der Waals surface area (Å²) in [6.45, 7) is 0. The first-order chi connectivity index (χ1) is 6.29. The van der Waals surface area contributed by atoms with E-state index >= 15 is 0 Å². The lowest BCUT2D eigenvalue weighted by Gasteiger charge is -2.06. The van der Waals surface area contributed by atoms with Gasteiger partial charge in [-0.15, -0.1) is 11.3 Å². The Bertz CT molecular complexity index is 380. The summed E-state index contributed by atoms with van der Waals surface area (Å²) in [7, 11) is 0. The Hall–Kier alpha value is -0.710. The van der Waals surface area contributed by atoms with Crippen LogP contribution in [0.4, 0.5) is 4.39 Å². The van der Waals surface area contributed by atoms with E-state index in [4.69, 9.17) is 5.73 Å². The van der Waals surface area contributed by atoms with Crippen molar-refractivity contribution < 1.29 is 4.39 Å². The fourth-order valence-corrected chi connectivity index (χ4v) is 2.62. The Balaban J connectivity index is 2.33. The van der Waals surface area contributed by atoms with Gasteiger partial charge in [-0.05, 0) is 33.8 Å².